The highest BCUT2D eigenvalue weighted by Crippen LogP contribution is 2.48. The van der Waals surface area contributed by atoms with Crippen LogP contribution in [0.15, 0.2) is 42.5 Å². The Kier molecular flexibility index (Phi) is 5.96. The first-order valence-corrected chi connectivity index (χ1v) is 9.72. The zero-order valence-corrected chi connectivity index (χ0v) is 16.9. The van der Waals surface area contributed by atoms with E-state index in [0.717, 1.165) is 35.6 Å². The van der Waals surface area contributed by atoms with Crippen molar-refractivity contribution < 1.29 is 14.7 Å². The second kappa shape index (κ2) is 8.10. The lowest BCUT2D eigenvalue weighted by Crippen LogP contribution is -2.40. The van der Waals surface area contributed by atoms with E-state index in [1.807, 2.05) is 36.1 Å². The molecule has 2 N–H and O–H groups in total. The fourth-order valence-corrected chi connectivity index (χ4v) is 5.06. The summed E-state index contributed by atoms with van der Waals surface area (Å²) < 4.78 is 0. The average Bonchev–Trinajstić information content (AvgIpc) is 3.19. The molecule has 1 saturated carbocycles. The van der Waals surface area contributed by atoms with Crippen LogP contribution in [0.25, 0.3) is 10.8 Å². The summed E-state index contributed by atoms with van der Waals surface area (Å²) in [7, 11) is 0. The first-order valence-electron chi connectivity index (χ1n) is 9.72. The number of likely N-dealkylation sites (tertiary alicyclic amines) is 1. The summed E-state index contributed by atoms with van der Waals surface area (Å²) in [5.74, 6) is -0.564. The maximum atomic E-state index is 12.6. The lowest BCUT2D eigenvalue weighted by molar-refractivity contribution is -0.149. The van der Waals surface area contributed by atoms with E-state index in [9.17, 15) is 14.7 Å². The fraction of sp³-hybridized carbons (Fsp3) is 0.455. The van der Waals surface area contributed by atoms with Gasteiger partial charge in [0.15, 0.2) is 0 Å². The predicted molar refractivity (Wildman–Crippen MR) is 112 cm³/mol. The van der Waals surface area contributed by atoms with Crippen molar-refractivity contribution in [2.24, 2.45) is 11.3 Å². The third kappa shape index (κ3) is 3.61. The molecule has 0 spiro atoms. The van der Waals surface area contributed by atoms with E-state index in [1.54, 1.807) is 0 Å². The Labute approximate surface area is 171 Å². The summed E-state index contributed by atoms with van der Waals surface area (Å²) in [5, 5.41) is 15.1. The maximum absolute atomic E-state index is 12.6. The molecule has 6 heteroatoms. The van der Waals surface area contributed by atoms with Crippen molar-refractivity contribution >= 4 is 35.1 Å². The van der Waals surface area contributed by atoms with Crippen molar-refractivity contribution in [3.8, 4) is 0 Å². The minimum Gasteiger partial charge on any atom is -0.481 e. The van der Waals surface area contributed by atoms with Crippen LogP contribution in [0.1, 0.15) is 37.8 Å². The third-order valence-electron chi connectivity index (χ3n) is 6.40. The number of hydrogen-bond donors (Lipinski definition) is 2. The minimum absolute atomic E-state index is 0. The second-order valence-electron chi connectivity index (χ2n) is 8.08. The molecular formula is C22H27ClN2O3. The van der Waals surface area contributed by atoms with Gasteiger partial charge in [-0.2, -0.15) is 0 Å². The van der Waals surface area contributed by atoms with Gasteiger partial charge >= 0.3 is 5.97 Å². The SMILES string of the molecule is CC(NC(=O)CN1C[C@@H]2CCC[C@@]2(C(=O)O)C1)c1cccc2ccccc12.Cl. The Hall–Kier alpha value is -2.11. The zero-order chi connectivity index (χ0) is 19.0. The van der Waals surface area contributed by atoms with Gasteiger partial charge in [-0.1, -0.05) is 48.9 Å². The van der Waals surface area contributed by atoms with E-state index in [4.69, 9.17) is 0 Å². The Morgan fingerprint density at radius 3 is 2.75 bits per heavy atom. The Morgan fingerprint density at radius 2 is 2.00 bits per heavy atom. The van der Waals surface area contributed by atoms with Crippen molar-refractivity contribution in [3.63, 3.8) is 0 Å². The molecule has 2 aliphatic rings. The number of carboxylic acid groups (broad SMARTS) is 1. The predicted octanol–water partition coefficient (Wildman–Crippen LogP) is 3.63. The quantitative estimate of drug-likeness (QED) is 0.801. The smallest absolute Gasteiger partial charge is 0.311 e. The van der Waals surface area contributed by atoms with Gasteiger partial charge in [-0.3, -0.25) is 14.5 Å². The van der Waals surface area contributed by atoms with Gasteiger partial charge in [-0.25, -0.2) is 0 Å². The number of rotatable bonds is 5. The number of carboxylic acids is 1. The number of aliphatic carboxylic acids is 1. The number of benzene rings is 2. The zero-order valence-electron chi connectivity index (χ0n) is 16.1. The second-order valence-corrected chi connectivity index (χ2v) is 8.08. The molecule has 1 aliphatic heterocycles. The topological polar surface area (TPSA) is 69.6 Å². The molecule has 1 saturated heterocycles. The number of carbonyl (C=O) groups is 2. The van der Waals surface area contributed by atoms with E-state index in [1.165, 1.54) is 0 Å². The molecule has 0 radical (unpaired) electrons. The van der Waals surface area contributed by atoms with Gasteiger partial charge in [0.25, 0.3) is 0 Å². The Bertz CT molecular complexity index is 882. The monoisotopic (exact) mass is 402 g/mol. The highest BCUT2D eigenvalue weighted by Gasteiger charge is 2.54. The van der Waals surface area contributed by atoms with Gasteiger partial charge in [0, 0.05) is 13.1 Å². The van der Waals surface area contributed by atoms with Crippen LogP contribution in [0.5, 0.6) is 0 Å². The Morgan fingerprint density at radius 1 is 1.25 bits per heavy atom. The number of halogens is 1. The van der Waals surface area contributed by atoms with Crippen LogP contribution >= 0.6 is 12.4 Å². The fourth-order valence-electron chi connectivity index (χ4n) is 5.06. The Balaban J connectivity index is 0.00000225. The standard InChI is InChI=1S/C22H26N2O3.ClH/c1-15(18-10-4-7-16-6-2-3-9-19(16)18)23-20(25)13-24-12-17-8-5-11-22(17,14-24)21(26)27;/h2-4,6-7,9-10,15,17H,5,8,11-14H2,1H3,(H,23,25)(H,26,27);1H/t15?,17-,22+;/m0./s1. The molecule has 3 atom stereocenters. The molecule has 150 valence electrons. The summed E-state index contributed by atoms with van der Waals surface area (Å²) in [5.41, 5.74) is 0.461. The van der Waals surface area contributed by atoms with Gasteiger partial charge in [-0.15, -0.1) is 12.4 Å². The summed E-state index contributed by atoms with van der Waals surface area (Å²) in [6.07, 6.45) is 2.67. The van der Waals surface area contributed by atoms with Crippen molar-refractivity contribution in [2.75, 3.05) is 19.6 Å². The summed E-state index contributed by atoms with van der Waals surface area (Å²) in [6, 6.07) is 14.2. The van der Waals surface area contributed by atoms with E-state index < -0.39 is 11.4 Å². The molecule has 5 nitrogen and oxygen atoms in total. The molecule has 28 heavy (non-hydrogen) atoms. The molecule has 0 bridgehead atoms. The molecule has 0 aromatic heterocycles. The van der Waals surface area contributed by atoms with Gasteiger partial charge < -0.3 is 10.4 Å². The van der Waals surface area contributed by atoms with Crippen LogP contribution in [0, 0.1) is 11.3 Å². The van der Waals surface area contributed by atoms with Gasteiger partial charge in [0.2, 0.25) is 5.91 Å². The van der Waals surface area contributed by atoms with E-state index in [-0.39, 0.29) is 36.8 Å². The first kappa shape index (κ1) is 20.6. The molecule has 2 aromatic carbocycles. The average molecular weight is 403 g/mol. The van der Waals surface area contributed by atoms with Crippen LogP contribution in [-0.4, -0.2) is 41.5 Å². The number of amides is 1. The minimum atomic E-state index is -0.697. The molecule has 1 heterocycles. The van der Waals surface area contributed by atoms with Crippen LogP contribution in [0.3, 0.4) is 0 Å². The molecule has 4 rings (SSSR count). The van der Waals surface area contributed by atoms with Crippen molar-refractivity contribution in [3.05, 3.63) is 48.0 Å². The van der Waals surface area contributed by atoms with Crippen LogP contribution in [0.4, 0.5) is 0 Å². The van der Waals surface area contributed by atoms with Crippen molar-refractivity contribution in [1.29, 1.82) is 0 Å². The summed E-state index contributed by atoms with van der Waals surface area (Å²) in [6.45, 7) is 3.46. The lowest BCUT2D eigenvalue weighted by atomic mass is 9.81. The number of nitrogens with one attached hydrogen (secondary N) is 1. The number of hydrogen-bond acceptors (Lipinski definition) is 3. The van der Waals surface area contributed by atoms with Crippen molar-refractivity contribution in [1.82, 2.24) is 10.2 Å². The van der Waals surface area contributed by atoms with E-state index in [0.29, 0.717) is 13.1 Å². The summed E-state index contributed by atoms with van der Waals surface area (Å²) in [4.78, 5) is 26.4. The molecule has 1 aliphatic carbocycles. The maximum Gasteiger partial charge on any atom is 0.311 e. The highest BCUT2D eigenvalue weighted by molar-refractivity contribution is 5.87. The van der Waals surface area contributed by atoms with Crippen LogP contribution < -0.4 is 5.32 Å². The van der Waals surface area contributed by atoms with Crippen molar-refractivity contribution in [2.45, 2.75) is 32.2 Å². The molecule has 2 fully saturated rings. The van der Waals surface area contributed by atoms with Crippen LogP contribution in [-0.2, 0) is 9.59 Å². The highest BCUT2D eigenvalue weighted by atomic mass is 35.5. The van der Waals surface area contributed by atoms with Gasteiger partial charge in [-0.05, 0) is 42.0 Å². The lowest BCUT2D eigenvalue weighted by Gasteiger charge is -2.23. The van der Waals surface area contributed by atoms with Gasteiger partial charge in [0.1, 0.15) is 0 Å². The first-order chi connectivity index (χ1) is 13.0. The third-order valence-corrected chi connectivity index (χ3v) is 6.40. The van der Waals surface area contributed by atoms with Gasteiger partial charge in [0.05, 0.1) is 18.0 Å². The molecule has 1 amide bonds. The van der Waals surface area contributed by atoms with Crippen LogP contribution in [0.2, 0.25) is 0 Å². The molecule has 1 unspecified atom stereocenters. The van der Waals surface area contributed by atoms with E-state index >= 15 is 0 Å². The molecular weight excluding hydrogens is 376 g/mol. The number of fused-ring (bicyclic) bond motifs is 2. The number of nitrogens with zero attached hydrogens (tertiary/aromatic N) is 1. The molecule has 2 aromatic rings. The number of carbonyl (C=O) groups excluding carboxylic acids is 1. The summed E-state index contributed by atoms with van der Waals surface area (Å²) >= 11 is 0. The largest absolute Gasteiger partial charge is 0.481 e. The normalized spacial score (nSPS) is 25.1. The van der Waals surface area contributed by atoms with E-state index in [2.05, 4.69) is 23.5 Å².